The smallest absolute Gasteiger partial charge is 0.277 e. The standard InChI is InChI=1S/C18H16ClN3O2S/c1-11-5-3-6-13(9-11)17-21-22-18(24-17)25-12(2)16(23)20-15-8-4-7-14(19)10-15/h3-10,12H,1-2H3,(H,20,23)/t12-/m0/s1. The number of rotatable bonds is 5. The summed E-state index contributed by atoms with van der Waals surface area (Å²) in [4.78, 5) is 12.3. The fraction of sp³-hybridized carbons (Fsp3) is 0.167. The van der Waals surface area contributed by atoms with Crippen LogP contribution in [0.5, 0.6) is 0 Å². The Morgan fingerprint density at radius 2 is 2.00 bits per heavy atom. The molecule has 0 spiro atoms. The highest BCUT2D eigenvalue weighted by Crippen LogP contribution is 2.27. The van der Waals surface area contributed by atoms with Gasteiger partial charge in [0.25, 0.3) is 5.22 Å². The van der Waals surface area contributed by atoms with Gasteiger partial charge in [-0.2, -0.15) is 0 Å². The highest BCUT2D eigenvalue weighted by molar-refractivity contribution is 8.00. The first-order valence-electron chi connectivity index (χ1n) is 7.65. The van der Waals surface area contributed by atoms with Crippen LogP contribution in [-0.2, 0) is 4.79 Å². The van der Waals surface area contributed by atoms with Crippen LogP contribution in [0.4, 0.5) is 5.69 Å². The van der Waals surface area contributed by atoms with Gasteiger partial charge in [-0.05, 0) is 44.2 Å². The molecule has 1 N–H and O–H groups in total. The van der Waals surface area contributed by atoms with E-state index in [-0.39, 0.29) is 5.91 Å². The molecule has 1 heterocycles. The summed E-state index contributed by atoms with van der Waals surface area (Å²) in [5.41, 5.74) is 2.62. The highest BCUT2D eigenvalue weighted by Gasteiger charge is 2.19. The van der Waals surface area contributed by atoms with E-state index in [0.29, 0.717) is 21.8 Å². The number of benzene rings is 2. The van der Waals surface area contributed by atoms with Crippen LogP contribution in [0.2, 0.25) is 5.02 Å². The van der Waals surface area contributed by atoms with Crippen molar-refractivity contribution in [2.24, 2.45) is 0 Å². The number of thioether (sulfide) groups is 1. The SMILES string of the molecule is Cc1cccc(-c2nnc(S[C@@H](C)C(=O)Nc3cccc(Cl)c3)o2)c1. The predicted molar refractivity (Wildman–Crippen MR) is 99.9 cm³/mol. The van der Waals surface area contributed by atoms with E-state index in [0.717, 1.165) is 11.1 Å². The lowest BCUT2D eigenvalue weighted by Gasteiger charge is -2.09. The fourth-order valence-corrected chi connectivity index (χ4v) is 3.04. The molecule has 5 nitrogen and oxygen atoms in total. The van der Waals surface area contributed by atoms with Crippen molar-refractivity contribution in [3.63, 3.8) is 0 Å². The van der Waals surface area contributed by atoms with Gasteiger partial charge in [-0.25, -0.2) is 0 Å². The second kappa shape index (κ2) is 7.72. The Balaban J connectivity index is 1.65. The number of aromatic nitrogens is 2. The van der Waals surface area contributed by atoms with E-state index in [1.54, 1.807) is 31.2 Å². The van der Waals surface area contributed by atoms with Crippen LogP contribution in [0, 0.1) is 6.92 Å². The molecule has 2 aromatic carbocycles. The Morgan fingerprint density at radius 3 is 2.76 bits per heavy atom. The van der Waals surface area contributed by atoms with Gasteiger partial charge in [0.1, 0.15) is 0 Å². The summed E-state index contributed by atoms with van der Waals surface area (Å²) in [5, 5.41) is 11.4. The van der Waals surface area contributed by atoms with E-state index < -0.39 is 5.25 Å². The van der Waals surface area contributed by atoms with E-state index >= 15 is 0 Å². The van der Waals surface area contributed by atoms with E-state index in [4.69, 9.17) is 16.0 Å². The Hall–Kier alpha value is -2.31. The van der Waals surface area contributed by atoms with Gasteiger partial charge in [0, 0.05) is 16.3 Å². The number of hydrogen-bond acceptors (Lipinski definition) is 5. The number of carbonyl (C=O) groups is 1. The minimum Gasteiger partial charge on any atom is -0.411 e. The van der Waals surface area contributed by atoms with Gasteiger partial charge >= 0.3 is 0 Å². The molecule has 0 aliphatic heterocycles. The minimum atomic E-state index is -0.398. The Morgan fingerprint density at radius 1 is 1.20 bits per heavy atom. The van der Waals surface area contributed by atoms with Gasteiger partial charge < -0.3 is 9.73 Å². The molecule has 0 bridgehead atoms. The van der Waals surface area contributed by atoms with Crippen molar-refractivity contribution in [2.45, 2.75) is 24.3 Å². The van der Waals surface area contributed by atoms with Crippen LogP contribution in [0.25, 0.3) is 11.5 Å². The number of amides is 1. The molecule has 3 rings (SSSR count). The lowest BCUT2D eigenvalue weighted by molar-refractivity contribution is -0.115. The van der Waals surface area contributed by atoms with Crippen LogP contribution < -0.4 is 5.32 Å². The number of carbonyl (C=O) groups excluding carboxylic acids is 1. The second-order valence-corrected chi connectivity index (χ2v) is 7.23. The second-order valence-electron chi connectivity index (χ2n) is 5.50. The van der Waals surface area contributed by atoms with Crippen molar-refractivity contribution in [1.29, 1.82) is 0 Å². The summed E-state index contributed by atoms with van der Waals surface area (Å²) < 4.78 is 5.65. The molecule has 128 valence electrons. The topological polar surface area (TPSA) is 68.0 Å². The molecular formula is C18H16ClN3O2S. The molecule has 0 saturated heterocycles. The van der Waals surface area contributed by atoms with Crippen molar-refractivity contribution in [2.75, 3.05) is 5.32 Å². The molecule has 1 aromatic heterocycles. The molecular weight excluding hydrogens is 358 g/mol. The summed E-state index contributed by atoms with van der Waals surface area (Å²) in [6.07, 6.45) is 0. The molecule has 1 atom stereocenters. The highest BCUT2D eigenvalue weighted by atomic mass is 35.5. The molecule has 3 aromatic rings. The number of nitrogens with zero attached hydrogens (tertiary/aromatic N) is 2. The lowest BCUT2D eigenvalue weighted by Crippen LogP contribution is -2.22. The summed E-state index contributed by atoms with van der Waals surface area (Å²) in [6, 6.07) is 14.8. The monoisotopic (exact) mass is 373 g/mol. The quantitative estimate of drug-likeness (QED) is 0.649. The molecule has 0 aliphatic rings. The molecule has 25 heavy (non-hydrogen) atoms. The zero-order valence-corrected chi connectivity index (χ0v) is 15.3. The van der Waals surface area contributed by atoms with E-state index in [1.807, 2.05) is 31.2 Å². The average molecular weight is 374 g/mol. The number of anilines is 1. The number of hydrogen-bond donors (Lipinski definition) is 1. The van der Waals surface area contributed by atoms with Gasteiger partial charge in [-0.3, -0.25) is 4.79 Å². The zero-order chi connectivity index (χ0) is 17.8. The summed E-state index contributed by atoms with van der Waals surface area (Å²) in [5.74, 6) is 0.274. The largest absolute Gasteiger partial charge is 0.411 e. The first-order valence-corrected chi connectivity index (χ1v) is 8.90. The minimum absolute atomic E-state index is 0.164. The van der Waals surface area contributed by atoms with Crippen molar-refractivity contribution >= 4 is 35.0 Å². The molecule has 7 heteroatoms. The van der Waals surface area contributed by atoms with Crippen LogP contribution in [0.15, 0.2) is 58.2 Å². The van der Waals surface area contributed by atoms with Gasteiger partial charge in [0.05, 0.1) is 5.25 Å². The van der Waals surface area contributed by atoms with Crippen molar-refractivity contribution in [3.05, 3.63) is 59.1 Å². The van der Waals surface area contributed by atoms with E-state index in [1.165, 1.54) is 11.8 Å². The third kappa shape index (κ3) is 4.61. The summed E-state index contributed by atoms with van der Waals surface area (Å²) in [6.45, 7) is 3.78. The van der Waals surface area contributed by atoms with Crippen molar-refractivity contribution in [1.82, 2.24) is 10.2 Å². The van der Waals surface area contributed by atoms with Crippen LogP contribution in [0.3, 0.4) is 0 Å². The molecule has 1 amide bonds. The number of halogens is 1. The zero-order valence-electron chi connectivity index (χ0n) is 13.7. The number of nitrogens with one attached hydrogen (secondary N) is 1. The average Bonchev–Trinajstić information content (AvgIpc) is 3.03. The first-order chi connectivity index (χ1) is 12.0. The molecule has 0 radical (unpaired) electrons. The van der Waals surface area contributed by atoms with Crippen LogP contribution >= 0.6 is 23.4 Å². The third-order valence-electron chi connectivity index (χ3n) is 3.41. The molecule has 0 saturated carbocycles. The number of aryl methyl sites for hydroxylation is 1. The first kappa shape index (κ1) is 17.5. The lowest BCUT2D eigenvalue weighted by atomic mass is 10.1. The normalized spacial score (nSPS) is 12.0. The van der Waals surface area contributed by atoms with Crippen molar-refractivity contribution in [3.8, 4) is 11.5 Å². The summed E-state index contributed by atoms with van der Waals surface area (Å²) >= 11 is 7.13. The Bertz CT molecular complexity index is 897. The van der Waals surface area contributed by atoms with Crippen LogP contribution in [-0.4, -0.2) is 21.4 Å². The molecule has 0 fully saturated rings. The van der Waals surface area contributed by atoms with Gasteiger partial charge in [-0.15, -0.1) is 10.2 Å². The molecule has 0 unspecified atom stereocenters. The fourth-order valence-electron chi connectivity index (χ4n) is 2.17. The van der Waals surface area contributed by atoms with Gasteiger partial charge in [-0.1, -0.05) is 47.1 Å². The van der Waals surface area contributed by atoms with E-state index in [2.05, 4.69) is 15.5 Å². The van der Waals surface area contributed by atoms with Crippen LogP contribution in [0.1, 0.15) is 12.5 Å². The third-order valence-corrected chi connectivity index (χ3v) is 4.58. The Kier molecular flexibility index (Phi) is 5.40. The summed E-state index contributed by atoms with van der Waals surface area (Å²) in [7, 11) is 0. The van der Waals surface area contributed by atoms with Gasteiger partial charge in [0.2, 0.25) is 11.8 Å². The Labute approximate surface area is 154 Å². The maximum Gasteiger partial charge on any atom is 0.277 e. The van der Waals surface area contributed by atoms with Gasteiger partial charge in [0.15, 0.2) is 0 Å². The predicted octanol–water partition coefficient (Wildman–Crippen LogP) is 4.82. The van der Waals surface area contributed by atoms with Crippen molar-refractivity contribution < 1.29 is 9.21 Å². The maximum atomic E-state index is 12.3. The maximum absolute atomic E-state index is 12.3. The molecule has 0 aliphatic carbocycles. The van der Waals surface area contributed by atoms with E-state index in [9.17, 15) is 4.79 Å².